The van der Waals surface area contributed by atoms with E-state index in [0.717, 1.165) is 23.9 Å². The average Bonchev–Trinajstić information content (AvgIpc) is 2.68. The number of benzene rings is 3. The van der Waals surface area contributed by atoms with Gasteiger partial charge < -0.3 is 10.6 Å². The number of carbonyl (C=O) groups excluding carboxylic acids is 1. The Hall–Kier alpha value is -2.65. The minimum atomic E-state index is -0.127. The van der Waals surface area contributed by atoms with Crippen LogP contribution in [0.2, 0.25) is 0 Å². The van der Waals surface area contributed by atoms with Crippen molar-refractivity contribution in [3.63, 3.8) is 0 Å². The van der Waals surface area contributed by atoms with E-state index in [1.165, 1.54) is 22.9 Å². The van der Waals surface area contributed by atoms with Gasteiger partial charge in [-0.15, -0.1) is 0 Å². The van der Waals surface area contributed by atoms with Crippen molar-refractivity contribution in [1.29, 1.82) is 0 Å². The molecule has 0 saturated heterocycles. The normalized spacial score (nSPS) is 17.5. The zero-order valence-electron chi connectivity index (χ0n) is 15.1. The van der Waals surface area contributed by atoms with Gasteiger partial charge in [0.2, 0.25) is 0 Å². The fraction of sp³-hybridized carbons (Fsp3) is 0.261. The van der Waals surface area contributed by atoms with Gasteiger partial charge in [-0.3, -0.25) is 4.79 Å². The highest BCUT2D eigenvalue weighted by molar-refractivity contribution is 5.96. The molecule has 3 aromatic carbocycles. The van der Waals surface area contributed by atoms with Crippen LogP contribution in [0, 0.1) is 0 Å². The number of hydrogen-bond acceptors (Lipinski definition) is 1. The fourth-order valence-corrected chi connectivity index (χ4v) is 3.95. The van der Waals surface area contributed by atoms with Gasteiger partial charge in [-0.1, -0.05) is 54.6 Å². The highest BCUT2D eigenvalue weighted by atomic mass is 16.2. The molecule has 0 radical (unpaired) electrons. The van der Waals surface area contributed by atoms with Crippen molar-refractivity contribution < 1.29 is 10.1 Å². The predicted molar refractivity (Wildman–Crippen MR) is 106 cm³/mol. The van der Waals surface area contributed by atoms with Gasteiger partial charge in [0.15, 0.2) is 6.04 Å². The topological polar surface area (TPSA) is 45.7 Å². The Morgan fingerprint density at radius 1 is 1.04 bits per heavy atom. The van der Waals surface area contributed by atoms with E-state index in [4.69, 9.17) is 0 Å². The highest BCUT2D eigenvalue weighted by Gasteiger charge is 2.27. The van der Waals surface area contributed by atoms with E-state index in [-0.39, 0.29) is 11.9 Å². The van der Waals surface area contributed by atoms with Gasteiger partial charge in [-0.2, -0.15) is 0 Å². The second-order valence-corrected chi connectivity index (χ2v) is 7.23. The summed E-state index contributed by atoms with van der Waals surface area (Å²) in [5, 5.41) is 7.62. The lowest BCUT2D eigenvalue weighted by Crippen LogP contribution is -2.92. The second kappa shape index (κ2) is 7.30. The molecule has 0 spiro atoms. The molecule has 4 rings (SSSR count). The Balaban J connectivity index is 1.45. The van der Waals surface area contributed by atoms with E-state index in [0.29, 0.717) is 6.04 Å². The van der Waals surface area contributed by atoms with Crippen molar-refractivity contribution in [3.05, 3.63) is 77.9 Å². The number of amides is 1. The summed E-state index contributed by atoms with van der Waals surface area (Å²) in [5.74, 6) is 0.0586. The molecule has 3 nitrogen and oxygen atoms in total. The van der Waals surface area contributed by atoms with Crippen LogP contribution in [-0.4, -0.2) is 11.9 Å². The number of carbonyl (C=O) groups is 1. The molecular weight excluding hydrogens is 320 g/mol. The van der Waals surface area contributed by atoms with Gasteiger partial charge in [-0.25, -0.2) is 0 Å². The smallest absolute Gasteiger partial charge is 0.282 e. The fourth-order valence-electron chi connectivity index (χ4n) is 3.95. The summed E-state index contributed by atoms with van der Waals surface area (Å²) in [7, 11) is 0. The largest absolute Gasteiger partial charge is 0.330 e. The van der Waals surface area contributed by atoms with E-state index >= 15 is 0 Å². The van der Waals surface area contributed by atoms with Gasteiger partial charge >= 0.3 is 0 Å². The molecule has 1 amide bonds. The first kappa shape index (κ1) is 16.8. The number of quaternary nitrogens is 1. The van der Waals surface area contributed by atoms with Crippen LogP contribution in [0.5, 0.6) is 0 Å². The predicted octanol–water partition coefficient (Wildman–Crippen LogP) is 3.81. The summed E-state index contributed by atoms with van der Waals surface area (Å²) in [6.45, 7) is 1.99. The molecule has 3 aromatic rings. The third-order valence-electron chi connectivity index (χ3n) is 5.37. The zero-order valence-corrected chi connectivity index (χ0v) is 15.1. The summed E-state index contributed by atoms with van der Waals surface area (Å²) in [6, 6.07) is 23.1. The van der Waals surface area contributed by atoms with Gasteiger partial charge in [-0.05, 0) is 48.2 Å². The first-order valence-corrected chi connectivity index (χ1v) is 9.43. The van der Waals surface area contributed by atoms with Crippen LogP contribution >= 0.6 is 0 Å². The van der Waals surface area contributed by atoms with Crippen LogP contribution in [0.25, 0.3) is 10.8 Å². The summed E-state index contributed by atoms with van der Waals surface area (Å²) >= 11 is 0. The Labute approximate surface area is 154 Å². The van der Waals surface area contributed by atoms with E-state index < -0.39 is 0 Å². The van der Waals surface area contributed by atoms with Gasteiger partial charge in [0, 0.05) is 17.7 Å². The van der Waals surface area contributed by atoms with Crippen LogP contribution in [0.15, 0.2) is 66.7 Å². The Morgan fingerprint density at radius 3 is 2.69 bits per heavy atom. The third-order valence-corrected chi connectivity index (χ3v) is 5.37. The number of nitrogens with two attached hydrogens (primary N) is 1. The number of aryl methyl sites for hydroxylation is 1. The van der Waals surface area contributed by atoms with Crippen molar-refractivity contribution in [2.75, 3.05) is 5.32 Å². The molecule has 132 valence electrons. The quantitative estimate of drug-likeness (QED) is 0.742. The Bertz CT molecular complexity index is 934. The zero-order chi connectivity index (χ0) is 17.9. The van der Waals surface area contributed by atoms with Gasteiger partial charge in [0.25, 0.3) is 5.91 Å². The number of rotatable bonds is 4. The summed E-state index contributed by atoms with van der Waals surface area (Å²) in [5.41, 5.74) is 3.68. The van der Waals surface area contributed by atoms with E-state index in [1.807, 2.05) is 31.2 Å². The first-order chi connectivity index (χ1) is 12.7. The summed E-state index contributed by atoms with van der Waals surface area (Å²) < 4.78 is 0. The molecule has 1 aliphatic rings. The molecule has 0 saturated carbocycles. The number of anilines is 1. The highest BCUT2D eigenvalue weighted by Crippen LogP contribution is 2.26. The lowest BCUT2D eigenvalue weighted by atomic mass is 9.87. The van der Waals surface area contributed by atoms with Crippen molar-refractivity contribution in [1.82, 2.24) is 0 Å². The SMILES string of the molecule is C[C@@H]([NH2+][C@H]1CCCc2ccccc21)C(=O)Nc1ccc2ccccc2c1. The van der Waals surface area contributed by atoms with E-state index in [1.54, 1.807) is 0 Å². The Kier molecular flexibility index (Phi) is 4.72. The van der Waals surface area contributed by atoms with Crippen LogP contribution < -0.4 is 10.6 Å². The first-order valence-electron chi connectivity index (χ1n) is 9.43. The van der Waals surface area contributed by atoms with Crippen LogP contribution in [0.4, 0.5) is 5.69 Å². The molecule has 0 aromatic heterocycles. The molecule has 1 aliphatic carbocycles. The molecule has 3 heteroatoms. The molecule has 26 heavy (non-hydrogen) atoms. The van der Waals surface area contributed by atoms with Crippen LogP contribution in [-0.2, 0) is 11.2 Å². The maximum absolute atomic E-state index is 12.7. The average molecular weight is 345 g/mol. The molecule has 2 atom stereocenters. The summed E-state index contributed by atoms with van der Waals surface area (Å²) in [6.07, 6.45) is 3.47. The number of fused-ring (bicyclic) bond motifs is 2. The Morgan fingerprint density at radius 2 is 1.81 bits per heavy atom. The van der Waals surface area contributed by atoms with E-state index in [9.17, 15) is 4.79 Å². The monoisotopic (exact) mass is 345 g/mol. The maximum Gasteiger partial charge on any atom is 0.282 e. The number of hydrogen-bond donors (Lipinski definition) is 2. The minimum Gasteiger partial charge on any atom is -0.330 e. The van der Waals surface area contributed by atoms with Crippen molar-refractivity contribution in [3.8, 4) is 0 Å². The van der Waals surface area contributed by atoms with Crippen LogP contribution in [0.3, 0.4) is 0 Å². The standard InChI is InChI=1S/C23H24N2O/c1-16(24-22-12-6-10-18-8-4-5-11-21(18)22)23(26)25-20-14-13-17-7-2-3-9-19(17)15-20/h2-5,7-9,11,13-16,22,24H,6,10,12H2,1H3,(H,25,26)/p+1/t16-,22+/m1/s1. The van der Waals surface area contributed by atoms with Crippen molar-refractivity contribution in [2.45, 2.75) is 38.3 Å². The second-order valence-electron chi connectivity index (χ2n) is 7.23. The molecule has 0 bridgehead atoms. The lowest BCUT2D eigenvalue weighted by Gasteiger charge is -2.26. The molecule has 0 fully saturated rings. The summed E-state index contributed by atoms with van der Waals surface area (Å²) in [4.78, 5) is 12.7. The van der Waals surface area contributed by atoms with Crippen molar-refractivity contribution in [2.24, 2.45) is 0 Å². The molecule has 3 N–H and O–H groups in total. The molecule has 0 heterocycles. The molecular formula is C23H25N2O+. The number of nitrogens with one attached hydrogen (secondary N) is 1. The molecule has 0 aliphatic heterocycles. The maximum atomic E-state index is 12.7. The third kappa shape index (κ3) is 3.49. The lowest BCUT2D eigenvalue weighted by molar-refractivity contribution is -0.714. The van der Waals surface area contributed by atoms with Gasteiger partial charge in [0.1, 0.15) is 6.04 Å². The minimum absolute atomic E-state index is 0.0586. The van der Waals surface area contributed by atoms with E-state index in [2.05, 4.69) is 53.1 Å². The van der Waals surface area contributed by atoms with Crippen LogP contribution in [0.1, 0.15) is 36.9 Å². The van der Waals surface area contributed by atoms with Gasteiger partial charge in [0.05, 0.1) is 0 Å². The van der Waals surface area contributed by atoms with Crippen molar-refractivity contribution >= 4 is 22.4 Å². The molecule has 0 unspecified atom stereocenters.